The van der Waals surface area contributed by atoms with Crippen molar-refractivity contribution in [3.63, 3.8) is 0 Å². The Morgan fingerprint density at radius 2 is 1.88 bits per heavy atom. The van der Waals surface area contributed by atoms with Crippen molar-refractivity contribution < 1.29 is 14.3 Å². The summed E-state index contributed by atoms with van der Waals surface area (Å²) in [5.74, 6) is -0.736. The van der Waals surface area contributed by atoms with Crippen LogP contribution in [0.25, 0.3) is 10.8 Å². The summed E-state index contributed by atoms with van der Waals surface area (Å²) in [7, 11) is 0. The maximum absolute atomic E-state index is 12.3. The molecule has 8 nitrogen and oxygen atoms in total. The number of amides is 1. The molecule has 0 aliphatic heterocycles. The minimum atomic E-state index is -0.785. The first kappa shape index (κ1) is 18.4. The van der Waals surface area contributed by atoms with Crippen molar-refractivity contribution >= 4 is 22.6 Å². The van der Waals surface area contributed by atoms with Gasteiger partial charge >= 0.3 is 5.97 Å². The number of aromatic amines is 1. The van der Waals surface area contributed by atoms with Crippen molar-refractivity contribution in [3.05, 3.63) is 45.0 Å². The van der Waals surface area contributed by atoms with Crippen LogP contribution in [0.2, 0.25) is 0 Å². The molecular weight excluding hydrogens is 326 g/mol. The summed E-state index contributed by atoms with van der Waals surface area (Å²) < 4.78 is 5.72. The van der Waals surface area contributed by atoms with Gasteiger partial charge in [-0.1, -0.05) is 26.0 Å². The largest absolute Gasteiger partial charge is 0.454 e. The number of aromatic nitrogens is 2. The number of rotatable bonds is 7. The van der Waals surface area contributed by atoms with Crippen LogP contribution in [-0.2, 0) is 20.9 Å². The maximum atomic E-state index is 12.3. The van der Waals surface area contributed by atoms with Gasteiger partial charge in [0, 0.05) is 6.54 Å². The standard InChI is InChI=1S/C17H21N3O5/c1-11(2)7-8-18-14(21)10-25-15(22)9-20-17(24)13-6-4-3-5-12(13)16(23)19-20/h3-6,11H,7-10H2,1-2H3,(H,18,21)(H,19,23). The third-order valence-electron chi connectivity index (χ3n) is 3.58. The van der Waals surface area contributed by atoms with Gasteiger partial charge in [0.2, 0.25) is 0 Å². The predicted octanol–water partition coefficient (Wildman–Crippen LogP) is 0.395. The van der Waals surface area contributed by atoms with Gasteiger partial charge in [0.25, 0.3) is 17.0 Å². The van der Waals surface area contributed by atoms with E-state index in [4.69, 9.17) is 4.74 Å². The van der Waals surface area contributed by atoms with E-state index in [1.807, 2.05) is 13.8 Å². The van der Waals surface area contributed by atoms with Crippen molar-refractivity contribution in [1.29, 1.82) is 0 Å². The first-order valence-electron chi connectivity index (χ1n) is 8.02. The third kappa shape index (κ3) is 5.03. The van der Waals surface area contributed by atoms with E-state index < -0.39 is 36.1 Å². The van der Waals surface area contributed by atoms with E-state index >= 15 is 0 Å². The average Bonchev–Trinajstić information content (AvgIpc) is 2.57. The number of fused-ring (bicyclic) bond motifs is 1. The highest BCUT2D eigenvalue weighted by Crippen LogP contribution is 2.02. The van der Waals surface area contributed by atoms with Gasteiger partial charge in [0.05, 0.1) is 10.8 Å². The first-order chi connectivity index (χ1) is 11.9. The van der Waals surface area contributed by atoms with E-state index in [-0.39, 0.29) is 10.8 Å². The molecule has 0 spiro atoms. The molecule has 8 heteroatoms. The van der Waals surface area contributed by atoms with Gasteiger partial charge in [-0.2, -0.15) is 0 Å². The zero-order valence-corrected chi connectivity index (χ0v) is 14.2. The van der Waals surface area contributed by atoms with Gasteiger partial charge in [0.1, 0.15) is 6.54 Å². The van der Waals surface area contributed by atoms with Crippen LogP contribution in [0, 0.1) is 5.92 Å². The molecule has 1 aromatic heterocycles. The Kier molecular flexibility index (Phi) is 6.10. The third-order valence-corrected chi connectivity index (χ3v) is 3.58. The van der Waals surface area contributed by atoms with Crippen LogP contribution >= 0.6 is 0 Å². The molecular formula is C17H21N3O5. The highest BCUT2D eigenvalue weighted by atomic mass is 16.5. The number of nitrogens with zero attached hydrogens (tertiary/aromatic N) is 1. The van der Waals surface area contributed by atoms with Crippen LogP contribution < -0.4 is 16.4 Å². The predicted molar refractivity (Wildman–Crippen MR) is 92.3 cm³/mol. The first-order valence-corrected chi connectivity index (χ1v) is 8.02. The summed E-state index contributed by atoms with van der Waals surface area (Å²) >= 11 is 0. The highest BCUT2D eigenvalue weighted by Gasteiger charge is 2.12. The summed E-state index contributed by atoms with van der Waals surface area (Å²) in [6.45, 7) is 3.68. The summed E-state index contributed by atoms with van der Waals surface area (Å²) in [6.07, 6.45) is 0.827. The molecule has 1 heterocycles. The fourth-order valence-corrected chi connectivity index (χ4v) is 2.23. The summed E-state index contributed by atoms with van der Waals surface area (Å²) in [5.41, 5.74) is -0.983. The highest BCUT2D eigenvalue weighted by molar-refractivity contribution is 5.81. The molecule has 2 N–H and O–H groups in total. The van der Waals surface area contributed by atoms with Crippen molar-refractivity contribution in [2.24, 2.45) is 5.92 Å². The summed E-state index contributed by atoms with van der Waals surface area (Å²) in [6, 6.07) is 6.32. The van der Waals surface area contributed by atoms with E-state index in [1.165, 1.54) is 12.1 Å². The monoisotopic (exact) mass is 347 g/mol. The molecule has 0 aliphatic rings. The fraction of sp³-hybridized carbons (Fsp3) is 0.412. The lowest BCUT2D eigenvalue weighted by Crippen LogP contribution is -2.34. The molecule has 1 aromatic carbocycles. The van der Waals surface area contributed by atoms with Gasteiger partial charge < -0.3 is 10.1 Å². The minimum Gasteiger partial charge on any atom is -0.454 e. The minimum absolute atomic E-state index is 0.213. The fourth-order valence-electron chi connectivity index (χ4n) is 2.23. The molecule has 2 rings (SSSR count). The van der Waals surface area contributed by atoms with E-state index in [0.717, 1.165) is 11.1 Å². The molecule has 0 bridgehead atoms. The van der Waals surface area contributed by atoms with Crippen LogP contribution in [-0.4, -0.2) is 34.8 Å². The van der Waals surface area contributed by atoms with Crippen LogP contribution in [0.4, 0.5) is 0 Å². The second-order valence-corrected chi connectivity index (χ2v) is 6.07. The molecule has 2 aromatic rings. The van der Waals surface area contributed by atoms with E-state index in [9.17, 15) is 19.2 Å². The van der Waals surface area contributed by atoms with Gasteiger partial charge in [-0.25, -0.2) is 4.68 Å². The summed E-state index contributed by atoms with van der Waals surface area (Å²) in [4.78, 5) is 47.6. The van der Waals surface area contributed by atoms with Crippen molar-refractivity contribution in [2.75, 3.05) is 13.2 Å². The van der Waals surface area contributed by atoms with Crippen molar-refractivity contribution in [2.45, 2.75) is 26.8 Å². The smallest absolute Gasteiger partial charge is 0.328 e. The number of H-pyrrole nitrogens is 1. The van der Waals surface area contributed by atoms with Gasteiger partial charge in [-0.15, -0.1) is 0 Å². The maximum Gasteiger partial charge on any atom is 0.328 e. The molecule has 0 fully saturated rings. The Labute approximate surface area is 143 Å². The Morgan fingerprint density at radius 3 is 2.56 bits per heavy atom. The van der Waals surface area contributed by atoms with Crippen LogP contribution in [0.3, 0.4) is 0 Å². The van der Waals surface area contributed by atoms with E-state index in [0.29, 0.717) is 12.5 Å². The number of esters is 1. The Morgan fingerprint density at radius 1 is 1.20 bits per heavy atom. The molecule has 0 saturated carbocycles. The van der Waals surface area contributed by atoms with Crippen molar-refractivity contribution in [3.8, 4) is 0 Å². The van der Waals surface area contributed by atoms with Crippen LogP contribution in [0.15, 0.2) is 33.9 Å². The zero-order valence-electron chi connectivity index (χ0n) is 14.2. The van der Waals surface area contributed by atoms with E-state index in [2.05, 4.69) is 10.4 Å². The molecule has 0 radical (unpaired) electrons. The number of carbonyl (C=O) groups excluding carboxylic acids is 2. The number of ether oxygens (including phenoxy) is 1. The van der Waals surface area contributed by atoms with Crippen molar-refractivity contribution in [1.82, 2.24) is 15.1 Å². The number of carbonyl (C=O) groups is 2. The second-order valence-electron chi connectivity index (χ2n) is 6.07. The number of hydrogen-bond acceptors (Lipinski definition) is 5. The van der Waals surface area contributed by atoms with Gasteiger partial charge in [-0.05, 0) is 24.5 Å². The quantitative estimate of drug-likeness (QED) is 0.704. The number of benzene rings is 1. The zero-order chi connectivity index (χ0) is 18.4. The van der Waals surface area contributed by atoms with Gasteiger partial charge in [-0.3, -0.25) is 24.3 Å². The normalized spacial score (nSPS) is 10.8. The lowest BCUT2D eigenvalue weighted by molar-refractivity contribution is -0.149. The Balaban J connectivity index is 1.96. The second kappa shape index (κ2) is 8.27. The average molecular weight is 347 g/mol. The van der Waals surface area contributed by atoms with Gasteiger partial charge in [0.15, 0.2) is 6.61 Å². The Bertz CT molecular complexity index is 882. The molecule has 1 amide bonds. The number of nitrogens with one attached hydrogen (secondary N) is 2. The lowest BCUT2D eigenvalue weighted by atomic mass is 10.1. The van der Waals surface area contributed by atoms with Crippen LogP contribution in [0.5, 0.6) is 0 Å². The summed E-state index contributed by atoms with van der Waals surface area (Å²) in [5, 5.41) is 5.43. The molecule has 0 atom stereocenters. The molecule has 0 saturated heterocycles. The molecule has 0 aliphatic carbocycles. The Hall–Kier alpha value is -2.90. The SMILES string of the molecule is CC(C)CCNC(=O)COC(=O)Cn1[nH]c(=O)c2ccccc2c1=O. The molecule has 0 unspecified atom stereocenters. The lowest BCUT2D eigenvalue weighted by Gasteiger charge is -2.09. The van der Waals surface area contributed by atoms with Crippen LogP contribution in [0.1, 0.15) is 20.3 Å². The molecule has 25 heavy (non-hydrogen) atoms. The topological polar surface area (TPSA) is 110 Å². The number of hydrogen-bond donors (Lipinski definition) is 2. The van der Waals surface area contributed by atoms with E-state index in [1.54, 1.807) is 12.1 Å². The molecule has 134 valence electrons.